The second kappa shape index (κ2) is 8.12. The van der Waals surface area contributed by atoms with Crippen LogP contribution in [-0.2, 0) is 4.79 Å². The molecule has 0 spiro atoms. The zero-order chi connectivity index (χ0) is 15.9. The highest BCUT2D eigenvalue weighted by Crippen LogP contribution is 2.24. The van der Waals surface area contributed by atoms with E-state index in [0.29, 0.717) is 11.6 Å². The summed E-state index contributed by atoms with van der Waals surface area (Å²) in [5, 5.41) is 8.72. The van der Waals surface area contributed by atoms with Gasteiger partial charge in [0.1, 0.15) is 0 Å². The first-order chi connectivity index (χ1) is 10.6. The molecule has 1 saturated heterocycles. The molecule has 1 heterocycles. The summed E-state index contributed by atoms with van der Waals surface area (Å²) in [5.74, 6) is -0.275. The van der Waals surface area contributed by atoms with Crippen molar-refractivity contribution < 1.29 is 9.59 Å². The smallest absolute Gasteiger partial charge is 0.321 e. The quantitative estimate of drug-likeness (QED) is 0.776. The number of nitrogens with zero attached hydrogens (tertiary/aromatic N) is 1. The number of halogens is 1. The van der Waals surface area contributed by atoms with Crippen LogP contribution >= 0.6 is 11.6 Å². The standard InChI is InChI=1S/C15H21ClN4O2/c1-17-15(22)19-14(21)5-7-20-8-6-18-10-13(20)11-3-2-4-12(16)9-11/h2-4,9,13,18H,5-8,10H2,1H3,(H2,17,19,21,22). The molecule has 1 aromatic rings. The molecule has 7 heteroatoms. The summed E-state index contributed by atoms with van der Waals surface area (Å²) >= 11 is 6.07. The van der Waals surface area contributed by atoms with Gasteiger partial charge in [-0.15, -0.1) is 0 Å². The van der Waals surface area contributed by atoms with E-state index in [0.717, 1.165) is 25.2 Å². The van der Waals surface area contributed by atoms with Crippen molar-refractivity contribution in [3.63, 3.8) is 0 Å². The van der Waals surface area contributed by atoms with Crippen LogP contribution in [0.3, 0.4) is 0 Å². The van der Waals surface area contributed by atoms with Gasteiger partial charge in [0.25, 0.3) is 0 Å². The van der Waals surface area contributed by atoms with Crippen LogP contribution in [-0.4, -0.2) is 50.1 Å². The number of hydrogen-bond donors (Lipinski definition) is 3. The monoisotopic (exact) mass is 324 g/mol. The van der Waals surface area contributed by atoms with Gasteiger partial charge in [0, 0.05) is 50.7 Å². The van der Waals surface area contributed by atoms with Gasteiger partial charge < -0.3 is 10.6 Å². The molecule has 1 aliphatic heterocycles. The minimum Gasteiger partial charge on any atom is -0.341 e. The number of imide groups is 1. The highest BCUT2D eigenvalue weighted by molar-refractivity contribution is 6.30. The summed E-state index contributed by atoms with van der Waals surface area (Å²) in [6.45, 7) is 3.15. The fraction of sp³-hybridized carbons (Fsp3) is 0.467. The van der Waals surface area contributed by atoms with Crippen LogP contribution in [0.5, 0.6) is 0 Å². The summed E-state index contributed by atoms with van der Waals surface area (Å²) in [5.41, 5.74) is 1.13. The largest absolute Gasteiger partial charge is 0.341 e. The number of carbonyl (C=O) groups excluding carboxylic acids is 2. The molecule has 2 rings (SSSR count). The predicted octanol–water partition coefficient (Wildman–Crippen LogP) is 1.13. The van der Waals surface area contributed by atoms with Crippen LogP contribution in [0.2, 0.25) is 5.02 Å². The topological polar surface area (TPSA) is 73.5 Å². The summed E-state index contributed by atoms with van der Waals surface area (Å²) < 4.78 is 0. The maximum absolute atomic E-state index is 11.7. The van der Waals surface area contributed by atoms with E-state index in [2.05, 4.69) is 20.9 Å². The van der Waals surface area contributed by atoms with E-state index in [-0.39, 0.29) is 18.4 Å². The highest BCUT2D eigenvalue weighted by atomic mass is 35.5. The molecule has 1 aliphatic rings. The van der Waals surface area contributed by atoms with Gasteiger partial charge in [-0.3, -0.25) is 15.0 Å². The van der Waals surface area contributed by atoms with Crippen LogP contribution in [0.1, 0.15) is 18.0 Å². The Hall–Kier alpha value is -1.63. The molecule has 0 radical (unpaired) electrons. The van der Waals surface area contributed by atoms with Crippen LogP contribution in [0.15, 0.2) is 24.3 Å². The number of urea groups is 1. The van der Waals surface area contributed by atoms with E-state index in [9.17, 15) is 9.59 Å². The van der Waals surface area contributed by atoms with Crippen LogP contribution < -0.4 is 16.0 Å². The van der Waals surface area contributed by atoms with E-state index >= 15 is 0 Å². The molecule has 0 aliphatic carbocycles. The minimum absolute atomic E-state index is 0.181. The fourth-order valence-electron chi connectivity index (χ4n) is 2.55. The second-order valence-electron chi connectivity index (χ2n) is 5.19. The third-order valence-corrected chi connectivity index (χ3v) is 3.93. The van der Waals surface area contributed by atoms with E-state index in [1.807, 2.05) is 24.3 Å². The Morgan fingerprint density at radius 3 is 3.00 bits per heavy atom. The maximum Gasteiger partial charge on any atom is 0.321 e. The SMILES string of the molecule is CNC(=O)NC(=O)CCN1CCNCC1c1cccc(Cl)c1. The van der Waals surface area contributed by atoms with Gasteiger partial charge in [-0.2, -0.15) is 0 Å². The Balaban J connectivity index is 1.95. The van der Waals surface area contributed by atoms with Crippen LogP contribution in [0.25, 0.3) is 0 Å². The molecule has 1 aromatic carbocycles. The van der Waals surface area contributed by atoms with Crippen molar-refractivity contribution in [1.29, 1.82) is 0 Å². The Labute approximate surface area is 135 Å². The Kier molecular flexibility index (Phi) is 6.18. The van der Waals surface area contributed by atoms with Gasteiger partial charge in [-0.25, -0.2) is 4.79 Å². The van der Waals surface area contributed by atoms with Gasteiger partial charge in [0.15, 0.2) is 0 Å². The molecule has 120 valence electrons. The lowest BCUT2D eigenvalue weighted by molar-refractivity contribution is -0.120. The van der Waals surface area contributed by atoms with Gasteiger partial charge in [-0.1, -0.05) is 23.7 Å². The highest BCUT2D eigenvalue weighted by Gasteiger charge is 2.24. The molecule has 3 amide bonds. The van der Waals surface area contributed by atoms with E-state index < -0.39 is 6.03 Å². The number of piperazine rings is 1. The molecule has 3 N–H and O–H groups in total. The molecule has 0 bridgehead atoms. The van der Waals surface area contributed by atoms with Crippen LogP contribution in [0, 0.1) is 0 Å². The summed E-state index contributed by atoms with van der Waals surface area (Å²) in [6, 6.07) is 7.49. The number of benzene rings is 1. The number of rotatable bonds is 4. The average molecular weight is 325 g/mol. The Bertz CT molecular complexity index is 538. The van der Waals surface area contributed by atoms with Gasteiger partial charge in [0.2, 0.25) is 5.91 Å². The fourth-order valence-corrected chi connectivity index (χ4v) is 2.75. The molecule has 22 heavy (non-hydrogen) atoms. The first-order valence-electron chi connectivity index (χ1n) is 7.32. The minimum atomic E-state index is -0.475. The average Bonchev–Trinajstić information content (AvgIpc) is 2.53. The lowest BCUT2D eigenvalue weighted by Crippen LogP contribution is -2.47. The van der Waals surface area contributed by atoms with Gasteiger partial charge in [-0.05, 0) is 17.7 Å². The molecule has 0 aromatic heterocycles. The van der Waals surface area contributed by atoms with Crippen molar-refractivity contribution in [1.82, 2.24) is 20.9 Å². The van der Waals surface area contributed by atoms with Crippen molar-refractivity contribution in [2.75, 3.05) is 33.2 Å². The molecular weight excluding hydrogens is 304 g/mol. The third-order valence-electron chi connectivity index (χ3n) is 3.69. The molecule has 0 saturated carbocycles. The van der Waals surface area contributed by atoms with E-state index in [4.69, 9.17) is 11.6 Å². The molecular formula is C15H21ClN4O2. The number of nitrogens with one attached hydrogen (secondary N) is 3. The summed E-state index contributed by atoms with van der Waals surface area (Å²) in [6.07, 6.45) is 0.282. The van der Waals surface area contributed by atoms with Gasteiger partial charge >= 0.3 is 6.03 Å². The first-order valence-corrected chi connectivity index (χ1v) is 7.69. The van der Waals surface area contributed by atoms with Crippen LogP contribution in [0.4, 0.5) is 4.79 Å². The predicted molar refractivity (Wildman–Crippen MR) is 85.9 cm³/mol. The van der Waals surface area contributed by atoms with Crippen molar-refractivity contribution in [2.24, 2.45) is 0 Å². The molecule has 6 nitrogen and oxygen atoms in total. The maximum atomic E-state index is 11.7. The summed E-state index contributed by atoms with van der Waals surface area (Å²) in [7, 11) is 1.48. The zero-order valence-corrected chi connectivity index (χ0v) is 13.3. The number of hydrogen-bond acceptors (Lipinski definition) is 4. The lowest BCUT2D eigenvalue weighted by atomic mass is 10.0. The molecule has 1 atom stereocenters. The van der Waals surface area contributed by atoms with Crippen molar-refractivity contribution in [2.45, 2.75) is 12.5 Å². The molecule has 1 fully saturated rings. The Morgan fingerprint density at radius 2 is 2.27 bits per heavy atom. The number of carbonyl (C=O) groups is 2. The third kappa shape index (κ3) is 4.69. The van der Waals surface area contributed by atoms with Crippen molar-refractivity contribution in [3.8, 4) is 0 Å². The van der Waals surface area contributed by atoms with E-state index in [1.54, 1.807) is 0 Å². The molecule has 1 unspecified atom stereocenters. The zero-order valence-electron chi connectivity index (χ0n) is 12.6. The van der Waals surface area contributed by atoms with Crippen molar-refractivity contribution in [3.05, 3.63) is 34.9 Å². The normalized spacial score (nSPS) is 18.7. The van der Waals surface area contributed by atoms with Gasteiger partial charge in [0.05, 0.1) is 0 Å². The Morgan fingerprint density at radius 1 is 1.45 bits per heavy atom. The second-order valence-corrected chi connectivity index (χ2v) is 5.62. The van der Waals surface area contributed by atoms with Crippen molar-refractivity contribution >= 4 is 23.5 Å². The van der Waals surface area contributed by atoms with E-state index in [1.165, 1.54) is 7.05 Å². The lowest BCUT2D eigenvalue weighted by Gasteiger charge is -2.36. The first kappa shape index (κ1) is 16.7. The summed E-state index contributed by atoms with van der Waals surface area (Å²) in [4.78, 5) is 25.1. The number of amides is 3.